The summed E-state index contributed by atoms with van der Waals surface area (Å²) in [5, 5.41) is 0.463. The van der Waals surface area contributed by atoms with Gasteiger partial charge in [-0.15, -0.1) is 0 Å². The summed E-state index contributed by atoms with van der Waals surface area (Å²) in [6, 6.07) is 5.28. The zero-order valence-corrected chi connectivity index (χ0v) is 8.90. The highest BCUT2D eigenvalue weighted by atomic mass is 35.5. The van der Waals surface area contributed by atoms with Crippen LogP contribution in [0.2, 0.25) is 5.02 Å². The number of benzene rings is 1. The first kappa shape index (κ1) is 9.93. The first-order chi connectivity index (χ1) is 7.20. The molecule has 0 radical (unpaired) electrons. The minimum Gasteiger partial charge on any atom is -0.340 e. The van der Waals surface area contributed by atoms with Gasteiger partial charge < -0.3 is 4.57 Å². The number of aromatic nitrogens is 2. The second-order valence-electron chi connectivity index (χ2n) is 3.28. The topological polar surface area (TPSA) is 34.9 Å². The fourth-order valence-corrected chi connectivity index (χ4v) is 1.52. The Morgan fingerprint density at radius 2 is 2.27 bits per heavy atom. The van der Waals surface area contributed by atoms with E-state index in [0.717, 1.165) is 17.5 Å². The fourth-order valence-electron chi connectivity index (χ4n) is 1.36. The van der Waals surface area contributed by atoms with Crippen molar-refractivity contribution in [3.8, 4) is 11.3 Å². The van der Waals surface area contributed by atoms with Crippen LogP contribution in [0, 0.1) is 0 Å². The lowest BCUT2D eigenvalue weighted by molar-refractivity contribution is 0.112. The SMILES string of the molecule is Cn1cnc(-c2ccc(Cl)c(C=O)c2)c1. The predicted octanol–water partition coefficient (Wildman–Crippen LogP) is 2.55. The van der Waals surface area contributed by atoms with Crippen molar-refractivity contribution in [1.82, 2.24) is 9.55 Å². The summed E-state index contributed by atoms with van der Waals surface area (Å²) < 4.78 is 1.85. The summed E-state index contributed by atoms with van der Waals surface area (Å²) in [5.41, 5.74) is 2.21. The van der Waals surface area contributed by atoms with Crippen LogP contribution in [0.4, 0.5) is 0 Å². The maximum atomic E-state index is 10.7. The average Bonchev–Trinajstić information content (AvgIpc) is 2.66. The molecular weight excluding hydrogens is 212 g/mol. The number of nitrogens with zero attached hydrogens (tertiary/aromatic N) is 2. The number of aryl methyl sites for hydroxylation is 1. The molecule has 0 saturated heterocycles. The third kappa shape index (κ3) is 1.92. The minimum atomic E-state index is 0.463. The van der Waals surface area contributed by atoms with E-state index in [1.54, 1.807) is 18.5 Å². The fraction of sp³-hybridized carbons (Fsp3) is 0.0909. The zero-order chi connectivity index (χ0) is 10.8. The molecule has 0 atom stereocenters. The number of halogens is 1. The van der Waals surface area contributed by atoms with Crippen molar-refractivity contribution in [3.05, 3.63) is 41.3 Å². The predicted molar refractivity (Wildman–Crippen MR) is 59.0 cm³/mol. The van der Waals surface area contributed by atoms with E-state index < -0.39 is 0 Å². The van der Waals surface area contributed by atoms with E-state index in [1.807, 2.05) is 23.9 Å². The van der Waals surface area contributed by atoms with Gasteiger partial charge in [0.1, 0.15) is 0 Å². The molecule has 15 heavy (non-hydrogen) atoms. The van der Waals surface area contributed by atoms with Gasteiger partial charge in [0.15, 0.2) is 6.29 Å². The third-order valence-corrected chi connectivity index (χ3v) is 2.47. The van der Waals surface area contributed by atoms with Crippen LogP contribution in [-0.4, -0.2) is 15.8 Å². The normalized spacial score (nSPS) is 10.3. The van der Waals surface area contributed by atoms with Gasteiger partial charge in [0, 0.05) is 24.4 Å². The lowest BCUT2D eigenvalue weighted by Crippen LogP contribution is -1.84. The van der Waals surface area contributed by atoms with Crippen LogP contribution in [-0.2, 0) is 7.05 Å². The Hall–Kier alpha value is -1.61. The minimum absolute atomic E-state index is 0.463. The average molecular weight is 221 g/mol. The smallest absolute Gasteiger partial charge is 0.151 e. The number of carbonyl (C=O) groups excluding carboxylic acids is 1. The molecule has 4 heteroatoms. The van der Waals surface area contributed by atoms with E-state index >= 15 is 0 Å². The molecule has 0 N–H and O–H groups in total. The van der Waals surface area contributed by atoms with Crippen LogP contribution >= 0.6 is 11.6 Å². The van der Waals surface area contributed by atoms with Crippen molar-refractivity contribution in [3.63, 3.8) is 0 Å². The molecule has 0 aliphatic carbocycles. The molecule has 1 aromatic heterocycles. The maximum Gasteiger partial charge on any atom is 0.151 e. The number of aldehydes is 1. The van der Waals surface area contributed by atoms with Gasteiger partial charge in [-0.1, -0.05) is 17.7 Å². The Morgan fingerprint density at radius 1 is 1.47 bits per heavy atom. The first-order valence-corrected chi connectivity index (χ1v) is 4.81. The van der Waals surface area contributed by atoms with E-state index in [1.165, 1.54) is 0 Å². The van der Waals surface area contributed by atoms with Crippen LogP contribution in [0.5, 0.6) is 0 Å². The summed E-state index contributed by atoms with van der Waals surface area (Å²) in [7, 11) is 1.90. The van der Waals surface area contributed by atoms with Crippen molar-refractivity contribution in [2.75, 3.05) is 0 Å². The summed E-state index contributed by atoms with van der Waals surface area (Å²) in [4.78, 5) is 14.9. The second-order valence-corrected chi connectivity index (χ2v) is 3.69. The van der Waals surface area contributed by atoms with E-state index in [0.29, 0.717) is 10.6 Å². The Labute approximate surface area is 92.3 Å². The number of hydrogen-bond donors (Lipinski definition) is 0. The maximum absolute atomic E-state index is 10.7. The van der Waals surface area contributed by atoms with E-state index in [9.17, 15) is 4.79 Å². The quantitative estimate of drug-likeness (QED) is 0.729. The highest BCUT2D eigenvalue weighted by Crippen LogP contribution is 2.22. The van der Waals surface area contributed by atoms with Crippen LogP contribution in [0.1, 0.15) is 10.4 Å². The highest BCUT2D eigenvalue weighted by Gasteiger charge is 2.04. The van der Waals surface area contributed by atoms with Gasteiger partial charge in [0.2, 0.25) is 0 Å². The molecule has 0 amide bonds. The molecule has 0 spiro atoms. The van der Waals surface area contributed by atoms with E-state index in [2.05, 4.69) is 4.98 Å². The molecule has 0 aliphatic heterocycles. The molecule has 0 aliphatic rings. The molecule has 0 saturated carbocycles. The van der Waals surface area contributed by atoms with Crippen molar-refractivity contribution in [2.45, 2.75) is 0 Å². The number of imidazole rings is 1. The number of carbonyl (C=O) groups is 1. The number of hydrogen-bond acceptors (Lipinski definition) is 2. The zero-order valence-electron chi connectivity index (χ0n) is 8.14. The molecule has 2 aromatic rings. The second kappa shape index (κ2) is 3.87. The summed E-state index contributed by atoms with van der Waals surface area (Å²) >= 11 is 5.83. The van der Waals surface area contributed by atoms with E-state index in [-0.39, 0.29) is 0 Å². The van der Waals surface area contributed by atoms with Crippen LogP contribution < -0.4 is 0 Å². The van der Waals surface area contributed by atoms with Gasteiger partial charge in [0.05, 0.1) is 17.0 Å². The Bertz CT molecular complexity index is 505. The lowest BCUT2D eigenvalue weighted by Gasteiger charge is -1.99. The number of rotatable bonds is 2. The van der Waals surface area contributed by atoms with Gasteiger partial charge in [-0.25, -0.2) is 4.98 Å². The standard InChI is InChI=1S/C11H9ClN2O/c1-14-5-11(13-7-14)8-2-3-10(12)9(4-8)6-15/h2-7H,1H3. The molecule has 1 heterocycles. The van der Waals surface area contributed by atoms with Crippen molar-refractivity contribution in [2.24, 2.45) is 7.05 Å². The monoisotopic (exact) mass is 220 g/mol. The highest BCUT2D eigenvalue weighted by molar-refractivity contribution is 6.33. The Kier molecular flexibility index (Phi) is 2.56. The van der Waals surface area contributed by atoms with Gasteiger partial charge in [-0.05, 0) is 12.1 Å². The summed E-state index contributed by atoms with van der Waals surface area (Å²) in [6.45, 7) is 0. The summed E-state index contributed by atoms with van der Waals surface area (Å²) in [5.74, 6) is 0. The first-order valence-electron chi connectivity index (χ1n) is 4.44. The van der Waals surface area contributed by atoms with Crippen molar-refractivity contribution >= 4 is 17.9 Å². The largest absolute Gasteiger partial charge is 0.340 e. The summed E-state index contributed by atoms with van der Waals surface area (Å²) in [6.07, 6.45) is 4.34. The third-order valence-electron chi connectivity index (χ3n) is 2.12. The molecule has 0 unspecified atom stereocenters. The van der Waals surface area contributed by atoms with Crippen molar-refractivity contribution < 1.29 is 4.79 Å². The van der Waals surface area contributed by atoms with Crippen LogP contribution in [0.3, 0.4) is 0 Å². The molecule has 0 bridgehead atoms. The van der Waals surface area contributed by atoms with E-state index in [4.69, 9.17) is 11.6 Å². The lowest BCUT2D eigenvalue weighted by atomic mass is 10.1. The van der Waals surface area contributed by atoms with Crippen LogP contribution in [0.25, 0.3) is 11.3 Å². The molecule has 3 nitrogen and oxygen atoms in total. The molecule has 76 valence electrons. The molecule has 2 rings (SSSR count). The van der Waals surface area contributed by atoms with Crippen molar-refractivity contribution in [1.29, 1.82) is 0 Å². The Balaban J connectivity index is 2.50. The molecule has 0 fully saturated rings. The van der Waals surface area contributed by atoms with Gasteiger partial charge in [-0.3, -0.25) is 4.79 Å². The molecule has 1 aromatic carbocycles. The van der Waals surface area contributed by atoms with Crippen LogP contribution in [0.15, 0.2) is 30.7 Å². The molecular formula is C11H9ClN2O. The Morgan fingerprint density at radius 3 is 2.87 bits per heavy atom. The van der Waals surface area contributed by atoms with Gasteiger partial charge in [0.25, 0.3) is 0 Å². The van der Waals surface area contributed by atoms with Gasteiger partial charge in [-0.2, -0.15) is 0 Å². The van der Waals surface area contributed by atoms with Gasteiger partial charge >= 0.3 is 0 Å².